The molecule has 0 aliphatic carbocycles. The normalized spacial score (nSPS) is 12.7. The monoisotopic (exact) mass is 326 g/mol. The lowest BCUT2D eigenvalue weighted by atomic mass is 10.1. The third kappa shape index (κ3) is 3.60. The van der Waals surface area contributed by atoms with Crippen molar-refractivity contribution in [3.63, 3.8) is 0 Å². The number of benzene rings is 2. The first-order chi connectivity index (χ1) is 11.1. The second kappa shape index (κ2) is 6.66. The molecule has 1 aliphatic rings. The van der Waals surface area contributed by atoms with Gasteiger partial charge < -0.3 is 5.32 Å². The Hall–Kier alpha value is -2.60. The van der Waals surface area contributed by atoms with Crippen LogP contribution in [0.3, 0.4) is 0 Å². The first-order valence-electron chi connectivity index (χ1n) is 7.11. The van der Waals surface area contributed by atoms with E-state index in [0.29, 0.717) is 29.0 Å². The summed E-state index contributed by atoms with van der Waals surface area (Å²) >= 11 is 1.61. The van der Waals surface area contributed by atoms with Gasteiger partial charge in [-0.1, -0.05) is 18.2 Å². The zero-order valence-electron chi connectivity index (χ0n) is 12.2. The van der Waals surface area contributed by atoms with Crippen LogP contribution < -0.4 is 10.6 Å². The van der Waals surface area contributed by atoms with Gasteiger partial charge in [0, 0.05) is 22.8 Å². The van der Waals surface area contributed by atoms with Crippen molar-refractivity contribution < 1.29 is 14.4 Å². The van der Waals surface area contributed by atoms with Gasteiger partial charge in [0.25, 0.3) is 11.8 Å². The zero-order valence-corrected chi connectivity index (χ0v) is 13.0. The maximum atomic E-state index is 12.0. The summed E-state index contributed by atoms with van der Waals surface area (Å²) in [5, 5.41) is 4.97. The van der Waals surface area contributed by atoms with Gasteiger partial charge in [-0.15, -0.1) is 11.8 Å². The van der Waals surface area contributed by atoms with Crippen molar-refractivity contribution in [2.45, 2.75) is 11.3 Å². The van der Waals surface area contributed by atoms with E-state index in [1.807, 2.05) is 30.3 Å². The molecule has 2 aromatic rings. The molecule has 0 bridgehead atoms. The largest absolute Gasteiger partial charge is 0.326 e. The van der Waals surface area contributed by atoms with Crippen molar-refractivity contribution in [1.82, 2.24) is 5.32 Å². The van der Waals surface area contributed by atoms with Crippen LogP contribution in [0.1, 0.15) is 27.1 Å². The van der Waals surface area contributed by atoms with E-state index in [1.54, 1.807) is 23.9 Å². The number of rotatable bonds is 5. The van der Waals surface area contributed by atoms with E-state index < -0.39 is 11.8 Å². The molecule has 0 saturated carbocycles. The predicted molar refractivity (Wildman–Crippen MR) is 88.7 cm³/mol. The SMILES string of the molecule is O=C(CCSc1ccccc1)Nc1ccc2c(c1)C(=O)NC2=O. The molecule has 2 aromatic carbocycles. The van der Waals surface area contributed by atoms with Crippen LogP contribution in [-0.2, 0) is 4.79 Å². The van der Waals surface area contributed by atoms with Crippen LogP contribution in [-0.4, -0.2) is 23.5 Å². The van der Waals surface area contributed by atoms with Crippen LogP contribution >= 0.6 is 11.8 Å². The molecule has 1 heterocycles. The molecule has 0 atom stereocenters. The molecular formula is C17H14N2O3S. The fraction of sp³-hybridized carbons (Fsp3) is 0.118. The average molecular weight is 326 g/mol. The highest BCUT2D eigenvalue weighted by Gasteiger charge is 2.26. The summed E-state index contributed by atoms with van der Waals surface area (Å²) in [5.41, 5.74) is 1.16. The van der Waals surface area contributed by atoms with Crippen LogP contribution in [0.2, 0.25) is 0 Å². The van der Waals surface area contributed by atoms with Gasteiger partial charge >= 0.3 is 0 Å². The third-order valence-corrected chi connectivity index (χ3v) is 4.37. The molecule has 1 aliphatic heterocycles. The van der Waals surface area contributed by atoms with Gasteiger partial charge in [0.1, 0.15) is 0 Å². The number of fused-ring (bicyclic) bond motifs is 1. The molecule has 2 N–H and O–H groups in total. The van der Waals surface area contributed by atoms with Crippen molar-refractivity contribution in [1.29, 1.82) is 0 Å². The van der Waals surface area contributed by atoms with Gasteiger partial charge in [0.05, 0.1) is 11.1 Å². The average Bonchev–Trinajstić information content (AvgIpc) is 2.83. The van der Waals surface area contributed by atoms with E-state index in [0.717, 1.165) is 4.90 Å². The maximum Gasteiger partial charge on any atom is 0.259 e. The van der Waals surface area contributed by atoms with E-state index in [9.17, 15) is 14.4 Å². The van der Waals surface area contributed by atoms with Gasteiger partial charge in [0.2, 0.25) is 5.91 Å². The number of thioether (sulfide) groups is 1. The molecule has 0 unspecified atom stereocenters. The molecule has 23 heavy (non-hydrogen) atoms. The van der Waals surface area contributed by atoms with Gasteiger partial charge in [0.15, 0.2) is 0 Å². The Morgan fingerprint density at radius 3 is 2.52 bits per heavy atom. The number of carbonyl (C=O) groups excluding carboxylic acids is 3. The number of carbonyl (C=O) groups is 3. The highest BCUT2D eigenvalue weighted by molar-refractivity contribution is 7.99. The lowest BCUT2D eigenvalue weighted by Gasteiger charge is -2.06. The van der Waals surface area contributed by atoms with Crippen LogP contribution in [0.5, 0.6) is 0 Å². The van der Waals surface area contributed by atoms with E-state index in [1.165, 1.54) is 6.07 Å². The zero-order chi connectivity index (χ0) is 16.2. The van der Waals surface area contributed by atoms with Gasteiger partial charge in [-0.25, -0.2) is 0 Å². The first kappa shape index (κ1) is 15.3. The molecular weight excluding hydrogens is 312 g/mol. The van der Waals surface area contributed by atoms with Gasteiger partial charge in [-0.05, 0) is 30.3 Å². The molecule has 5 nitrogen and oxygen atoms in total. The van der Waals surface area contributed by atoms with E-state index in [2.05, 4.69) is 10.6 Å². The second-order valence-electron chi connectivity index (χ2n) is 5.00. The number of hydrogen-bond donors (Lipinski definition) is 2. The Labute approximate surface area is 137 Å². The third-order valence-electron chi connectivity index (χ3n) is 3.36. The maximum absolute atomic E-state index is 12.0. The Bertz CT molecular complexity index is 775. The Balaban J connectivity index is 1.55. The molecule has 0 fully saturated rings. The van der Waals surface area contributed by atoms with Crippen LogP contribution in [0.4, 0.5) is 5.69 Å². The minimum Gasteiger partial charge on any atom is -0.326 e. The summed E-state index contributed by atoms with van der Waals surface area (Å²) in [5.74, 6) is -0.291. The minimum absolute atomic E-state index is 0.127. The summed E-state index contributed by atoms with van der Waals surface area (Å²) < 4.78 is 0. The van der Waals surface area contributed by atoms with E-state index in [-0.39, 0.29) is 5.91 Å². The Kier molecular flexibility index (Phi) is 4.43. The number of hydrogen-bond acceptors (Lipinski definition) is 4. The number of nitrogens with one attached hydrogen (secondary N) is 2. The summed E-state index contributed by atoms with van der Waals surface area (Å²) in [6.45, 7) is 0. The Morgan fingerprint density at radius 2 is 1.74 bits per heavy atom. The summed E-state index contributed by atoms with van der Waals surface area (Å²) in [6, 6.07) is 14.6. The first-order valence-corrected chi connectivity index (χ1v) is 8.09. The van der Waals surface area contributed by atoms with Crippen molar-refractivity contribution in [2.75, 3.05) is 11.1 Å². The molecule has 3 rings (SSSR count). The molecule has 0 spiro atoms. The van der Waals surface area contributed by atoms with E-state index in [4.69, 9.17) is 0 Å². The molecule has 6 heteroatoms. The van der Waals surface area contributed by atoms with Gasteiger partial charge in [-0.3, -0.25) is 19.7 Å². The van der Waals surface area contributed by atoms with Crippen molar-refractivity contribution in [3.8, 4) is 0 Å². The smallest absolute Gasteiger partial charge is 0.259 e. The van der Waals surface area contributed by atoms with Crippen molar-refractivity contribution in [3.05, 3.63) is 59.7 Å². The van der Waals surface area contributed by atoms with E-state index >= 15 is 0 Å². The number of amides is 3. The molecule has 0 aromatic heterocycles. The number of imide groups is 1. The highest BCUT2D eigenvalue weighted by atomic mass is 32.2. The molecule has 3 amide bonds. The molecule has 0 saturated heterocycles. The van der Waals surface area contributed by atoms with Gasteiger partial charge in [-0.2, -0.15) is 0 Å². The molecule has 116 valence electrons. The van der Waals surface area contributed by atoms with Crippen molar-refractivity contribution >= 4 is 35.2 Å². The molecule has 0 radical (unpaired) electrons. The summed E-state index contributed by atoms with van der Waals surface area (Å²) in [4.78, 5) is 36.1. The summed E-state index contributed by atoms with van der Waals surface area (Å²) in [6.07, 6.45) is 0.363. The lowest BCUT2D eigenvalue weighted by molar-refractivity contribution is -0.115. The fourth-order valence-electron chi connectivity index (χ4n) is 2.25. The minimum atomic E-state index is -0.430. The van der Waals surface area contributed by atoms with Crippen LogP contribution in [0.15, 0.2) is 53.4 Å². The summed E-state index contributed by atoms with van der Waals surface area (Å²) in [7, 11) is 0. The number of anilines is 1. The Morgan fingerprint density at radius 1 is 1.00 bits per heavy atom. The fourth-order valence-corrected chi connectivity index (χ4v) is 3.12. The predicted octanol–water partition coefficient (Wildman–Crippen LogP) is 2.69. The topological polar surface area (TPSA) is 75.3 Å². The quantitative estimate of drug-likeness (QED) is 0.654. The lowest BCUT2D eigenvalue weighted by Crippen LogP contribution is -2.19. The van der Waals surface area contributed by atoms with Crippen molar-refractivity contribution in [2.24, 2.45) is 0 Å². The standard InChI is InChI=1S/C17H14N2O3S/c20-15(8-9-23-12-4-2-1-3-5-12)18-11-6-7-13-14(10-11)17(22)19-16(13)21/h1-7,10H,8-9H2,(H,18,20)(H,19,21,22). The van der Waals surface area contributed by atoms with Crippen LogP contribution in [0, 0.1) is 0 Å². The second-order valence-corrected chi connectivity index (χ2v) is 6.17. The highest BCUT2D eigenvalue weighted by Crippen LogP contribution is 2.21. The van der Waals surface area contributed by atoms with Crippen LogP contribution in [0.25, 0.3) is 0 Å².